The number of allylic oxidation sites excluding steroid dienone is 1. The van der Waals surface area contributed by atoms with Crippen molar-refractivity contribution in [3.05, 3.63) is 46.7 Å². The molecule has 1 saturated heterocycles. The highest BCUT2D eigenvalue weighted by atomic mass is 19.1. The van der Waals surface area contributed by atoms with Crippen LogP contribution in [-0.2, 0) is 14.3 Å². The summed E-state index contributed by atoms with van der Waals surface area (Å²) >= 11 is 0. The molecule has 1 aliphatic heterocycles. The van der Waals surface area contributed by atoms with Gasteiger partial charge in [0.05, 0.1) is 25.3 Å². The molecule has 0 aromatic heterocycles. The number of nitrogens with zero attached hydrogens (tertiary/aromatic N) is 2. The number of amidine groups is 1. The first-order valence-corrected chi connectivity index (χ1v) is 9.02. The summed E-state index contributed by atoms with van der Waals surface area (Å²) in [4.78, 5) is 30.6. The summed E-state index contributed by atoms with van der Waals surface area (Å²) < 4.78 is 37.4. The Morgan fingerprint density at radius 2 is 1.83 bits per heavy atom. The maximum Gasteiger partial charge on any atom is 0.344 e. The first-order valence-electron chi connectivity index (χ1n) is 9.02. The first kappa shape index (κ1) is 22.4. The zero-order valence-electron chi connectivity index (χ0n) is 16.1. The molecule has 0 unspecified atom stereocenters. The van der Waals surface area contributed by atoms with Crippen molar-refractivity contribution in [1.82, 2.24) is 4.90 Å². The SMILES string of the molecule is CC(N)=C(C(=O)OCC(=O)c1c(F)cccc1F)C(N)=NCCN1CCOCC1. The quantitative estimate of drug-likeness (QED) is 0.212. The fourth-order valence-electron chi connectivity index (χ4n) is 2.72. The van der Waals surface area contributed by atoms with Crippen molar-refractivity contribution >= 4 is 17.6 Å². The van der Waals surface area contributed by atoms with E-state index in [1.807, 2.05) is 0 Å². The van der Waals surface area contributed by atoms with Crippen molar-refractivity contribution in [3.8, 4) is 0 Å². The number of hydrogen-bond donors (Lipinski definition) is 2. The predicted octanol–water partition coefficient (Wildman–Crippen LogP) is 0.613. The van der Waals surface area contributed by atoms with E-state index < -0.39 is 35.6 Å². The van der Waals surface area contributed by atoms with Gasteiger partial charge in [-0.2, -0.15) is 0 Å². The number of ether oxygens (including phenoxy) is 2. The zero-order valence-corrected chi connectivity index (χ0v) is 16.1. The molecule has 29 heavy (non-hydrogen) atoms. The standard InChI is InChI=1S/C19H24F2N4O4/c1-12(22)16(18(23)24-5-6-25-7-9-28-10-8-25)19(27)29-11-15(26)17-13(20)3-2-4-14(17)21/h2-4H,5-11,22H2,1H3,(H2,23,24). The van der Waals surface area contributed by atoms with Gasteiger partial charge < -0.3 is 20.9 Å². The summed E-state index contributed by atoms with van der Waals surface area (Å²) in [7, 11) is 0. The van der Waals surface area contributed by atoms with E-state index in [-0.39, 0.29) is 17.1 Å². The Labute approximate surface area is 167 Å². The normalized spacial score (nSPS) is 16.3. The second-order valence-electron chi connectivity index (χ2n) is 6.37. The van der Waals surface area contributed by atoms with Crippen molar-refractivity contribution in [2.75, 3.05) is 46.0 Å². The average Bonchev–Trinajstić information content (AvgIpc) is 2.67. The molecule has 0 amide bonds. The average molecular weight is 410 g/mol. The van der Waals surface area contributed by atoms with Crippen LogP contribution in [0.1, 0.15) is 17.3 Å². The van der Waals surface area contributed by atoms with Gasteiger partial charge in [-0.1, -0.05) is 6.07 Å². The lowest BCUT2D eigenvalue weighted by Gasteiger charge is -2.25. The van der Waals surface area contributed by atoms with Crippen LogP contribution < -0.4 is 11.5 Å². The third-order valence-electron chi connectivity index (χ3n) is 4.23. The van der Waals surface area contributed by atoms with Crippen LogP contribution in [-0.4, -0.2) is 68.5 Å². The summed E-state index contributed by atoms with van der Waals surface area (Å²) in [6.07, 6.45) is 0. The Kier molecular flexibility index (Phi) is 8.22. The van der Waals surface area contributed by atoms with Crippen LogP contribution in [0.25, 0.3) is 0 Å². The molecule has 1 aromatic rings. The molecule has 1 aliphatic rings. The molecule has 4 N–H and O–H groups in total. The number of halogens is 2. The van der Waals surface area contributed by atoms with Crippen LogP contribution in [0.2, 0.25) is 0 Å². The minimum atomic E-state index is -1.04. The van der Waals surface area contributed by atoms with Crippen LogP contribution >= 0.6 is 0 Å². The highest BCUT2D eigenvalue weighted by Gasteiger charge is 2.22. The molecule has 8 nitrogen and oxygen atoms in total. The minimum Gasteiger partial charge on any atom is -0.454 e. The highest BCUT2D eigenvalue weighted by molar-refractivity contribution is 6.19. The lowest BCUT2D eigenvalue weighted by Crippen LogP contribution is -2.38. The number of hydrogen-bond acceptors (Lipinski definition) is 7. The number of aliphatic imine (C=N–C) groups is 1. The van der Waals surface area contributed by atoms with Crippen molar-refractivity contribution in [2.45, 2.75) is 6.92 Å². The molecular formula is C19H24F2N4O4. The Morgan fingerprint density at radius 3 is 2.41 bits per heavy atom. The summed E-state index contributed by atoms with van der Waals surface area (Å²) in [6.45, 7) is 4.38. The highest BCUT2D eigenvalue weighted by Crippen LogP contribution is 2.13. The molecule has 1 aromatic carbocycles. The van der Waals surface area contributed by atoms with Gasteiger partial charge in [0.2, 0.25) is 5.78 Å². The van der Waals surface area contributed by atoms with E-state index in [1.54, 1.807) is 0 Å². The number of carbonyl (C=O) groups excluding carboxylic acids is 2. The van der Waals surface area contributed by atoms with Gasteiger partial charge in [0.25, 0.3) is 0 Å². The van der Waals surface area contributed by atoms with Gasteiger partial charge in [0.1, 0.15) is 23.0 Å². The van der Waals surface area contributed by atoms with E-state index in [9.17, 15) is 18.4 Å². The molecule has 158 valence electrons. The molecule has 2 rings (SSSR count). The smallest absolute Gasteiger partial charge is 0.344 e. The van der Waals surface area contributed by atoms with Crippen LogP contribution in [0.3, 0.4) is 0 Å². The van der Waals surface area contributed by atoms with Gasteiger partial charge in [-0.15, -0.1) is 0 Å². The van der Waals surface area contributed by atoms with E-state index >= 15 is 0 Å². The summed E-state index contributed by atoms with van der Waals surface area (Å²) in [6, 6.07) is 3.00. The van der Waals surface area contributed by atoms with E-state index in [0.29, 0.717) is 26.3 Å². The summed E-state index contributed by atoms with van der Waals surface area (Å²) in [5.41, 5.74) is 10.7. The van der Waals surface area contributed by atoms with Gasteiger partial charge in [0, 0.05) is 25.3 Å². The summed E-state index contributed by atoms with van der Waals surface area (Å²) in [5.74, 6) is -4.23. The zero-order chi connectivity index (χ0) is 21.4. The number of rotatable bonds is 8. The fraction of sp³-hybridized carbons (Fsp3) is 0.421. The van der Waals surface area contributed by atoms with E-state index in [0.717, 1.165) is 31.3 Å². The van der Waals surface area contributed by atoms with Crippen molar-refractivity contribution in [3.63, 3.8) is 0 Å². The Morgan fingerprint density at radius 1 is 1.21 bits per heavy atom. The molecule has 0 atom stereocenters. The number of carbonyl (C=O) groups is 2. The number of Topliss-reactive ketones (excluding diaryl/α,β-unsaturated/α-hetero) is 1. The van der Waals surface area contributed by atoms with E-state index in [1.165, 1.54) is 6.92 Å². The number of benzene rings is 1. The molecule has 1 fully saturated rings. The van der Waals surface area contributed by atoms with Crippen LogP contribution in [0.4, 0.5) is 8.78 Å². The Balaban J connectivity index is 1.97. The molecule has 0 saturated carbocycles. The fourth-order valence-corrected chi connectivity index (χ4v) is 2.72. The third-order valence-corrected chi connectivity index (χ3v) is 4.23. The van der Waals surface area contributed by atoms with Gasteiger partial charge in [-0.3, -0.25) is 14.7 Å². The monoisotopic (exact) mass is 410 g/mol. The van der Waals surface area contributed by atoms with E-state index in [4.69, 9.17) is 20.9 Å². The van der Waals surface area contributed by atoms with Crippen molar-refractivity contribution in [2.24, 2.45) is 16.5 Å². The summed E-state index contributed by atoms with van der Waals surface area (Å²) in [5, 5.41) is 0. The van der Waals surface area contributed by atoms with Gasteiger partial charge in [0.15, 0.2) is 6.61 Å². The van der Waals surface area contributed by atoms with E-state index in [2.05, 4.69) is 9.89 Å². The molecule has 0 spiro atoms. The molecule has 0 bridgehead atoms. The van der Waals surface area contributed by atoms with Gasteiger partial charge in [-0.05, 0) is 19.1 Å². The second kappa shape index (κ2) is 10.6. The largest absolute Gasteiger partial charge is 0.454 e. The molecule has 0 radical (unpaired) electrons. The second-order valence-corrected chi connectivity index (χ2v) is 6.37. The van der Waals surface area contributed by atoms with Crippen LogP contribution in [0, 0.1) is 11.6 Å². The third kappa shape index (κ3) is 6.33. The van der Waals surface area contributed by atoms with Crippen molar-refractivity contribution < 1.29 is 27.8 Å². The maximum atomic E-state index is 13.7. The maximum absolute atomic E-state index is 13.7. The van der Waals surface area contributed by atoms with Crippen LogP contribution in [0.5, 0.6) is 0 Å². The van der Waals surface area contributed by atoms with Crippen LogP contribution in [0.15, 0.2) is 34.5 Å². The molecule has 10 heteroatoms. The topological polar surface area (TPSA) is 120 Å². The molecule has 0 aliphatic carbocycles. The Hall–Kier alpha value is -2.85. The van der Waals surface area contributed by atoms with Crippen molar-refractivity contribution in [1.29, 1.82) is 0 Å². The minimum absolute atomic E-state index is 0.0483. The number of ketones is 1. The predicted molar refractivity (Wildman–Crippen MR) is 102 cm³/mol. The lowest BCUT2D eigenvalue weighted by atomic mass is 10.1. The number of esters is 1. The van der Waals surface area contributed by atoms with Gasteiger partial charge in [-0.25, -0.2) is 13.6 Å². The molecule has 1 heterocycles. The number of morpholine rings is 1. The first-order chi connectivity index (χ1) is 13.8. The molecular weight excluding hydrogens is 386 g/mol. The van der Waals surface area contributed by atoms with Gasteiger partial charge >= 0.3 is 5.97 Å². The number of nitrogens with two attached hydrogens (primary N) is 2. The Bertz CT molecular complexity index is 796. The lowest BCUT2D eigenvalue weighted by molar-refractivity contribution is -0.137.